The van der Waals surface area contributed by atoms with Gasteiger partial charge in [0.1, 0.15) is 11.5 Å². The Kier molecular flexibility index (Phi) is 4.92. The van der Waals surface area contributed by atoms with Crippen LogP contribution in [0.25, 0.3) is 21.2 Å². The Balaban J connectivity index is 1.30. The maximum Gasteiger partial charge on any atom is 0.407 e. The molecule has 0 saturated heterocycles. The van der Waals surface area contributed by atoms with Crippen LogP contribution in [0.1, 0.15) is 32.3 Å². The number of nitrogens with one attached hydrogen (secondary N) is 1. The minimum absolute atomic E-state index is 0.0188. The van der Waals surface area contributed by atoms with Crippen LogP contribution in [-0.2, 0) is 11.3 Å². The van der Waals surface area contributed by atoms with Gasteiger partial charge in [0.05, 0.1) is 0 Å². The van der Waals surface area contributed by atoms with Gasteiger partial charge in [0.2, 0.25) is 0 Å². The molecule has 1 aromatic heterocycles. The van der Waals surface area contributed by atoms with Gasteiger partial charge in [-0.3, -0.25) is 0 Å². The molecule has 0 aliphatic heterocycles. The molecular weight excluding hydrogens is 410 g/mol. The third-order valence-corrected chi connectivity index (χ3v) is 6.85. The molecule has 31 heavy (non-hydrogen) atoms. The SMILES string of the molecule is O=C(NCc1c(C(=O)O)sc2ccccc12)OCC1c2ccccc2-c2ccccc21. The van der Waals surface area contributed by atoms with Gasteiger partial charge < -0.3 is 15.2 Å². The average Bonchev–Trinajstić information content (AvgIpc) is 3.32. The summed E-state index contributed by atoms with van der Waals surface area (Å²) in [6.45, 7) is 0.318. The smallest absolute Gasteiger partial charge is 0.407 e. The van der Waals surface area contributed by atoms with Crippen LogP contribution in [0.2, 0.25) is 0 Å². The Morgan fingerprint density at radius 1 is 0.903 bits per heavy atom. The molecule has 1 amide bonds. The molecule has 2 N–H and O–H groups in total. The van der Waals surface area contributed by atoms with Gasteiger partial charge in [-0.2, -0.15) is 0 Å². The molecule has 0 radical (unpaired) electrons. The molecule has 0 bridgehead atoms. The maximum atomic E-state index is 12.5. The highest BCUT2D eigenvalue weighted by atomic mass is 32.1. The summed E-state index contributed by atoms with van der Waals surface area (Å²) >= 11 is 1.21. The van der Waals surface area contributed by atoms with Crippen molar-refractivity contribution in [1.29, 1.82) is 0 Å². The second-order valence-electron chi connectivity index (χ2n) is 7.39. The number of carbonyl (C=O) groups is 2. The Bertz CT molecular complexity index is 1260. The molecule has 3 aromatic carbocycles. The van der Waals surface area contributed by atoms with Crippen LogP contribution in [0.5, 0.6) is 0 Å². The molecule has 0 fully saturated rings. The Labute approximate surface area is 182 Å². The highest BCUT2D eigenvalue weighted by Crippen LogP contribution is 2.44. The lowest BCUT2D eigenvalue weighted by atomic mass is 9.98. The van der Waals surface area contributed by atoms with E-state index in [0.717, 1.165) is 21.2 Å². The number of thiophene rings is 1. The van der Waals surface area contributed by atoms with Gasteiger partial charge in [-0.15, -0.1) is 11.3 Å². The number of benzene rings is 3. The number of hydrogen-bond acceptors (Lipinski definition) is 4. The van der Waals surface area contributed by atoms with E-state index in [4.69, 9.17) is 4.74 Å². The minimum atomic E-state index is -0.995. The zero-order valence-corrected chi connectivity index (χ0v) is 17.3. The second kappa shape index (κ2) is 7.89. The van der Waals surface area contributed by atoms with Crippen molar-refractivity contribution in [2.45, 2.75) is 12.5 Å². The summed E-state index contributed by atoms with van der Waals surface area (Å²) in [5.74, 6) is -1.01. The summed E-state index contributed by atoms with van der Waals surface area (Å²) in [5.41, 5.74) is 5.23. The third-order valence-electron chi connectivity index (χ3n) is 5.65. The van der Waals surface area contributed by atoms with Crippen molar-refractivity contribution in [2.24, 2.45) is 0 Å². The van der Waals surface area contributed by atoms with E-state index >= 15 is 0 Å². The Morgan fingerprint density at radius 3 is 2.19 bits per heavy atom. The van der Waals surface area contributed by atoms with Crippen molar-refractivity contribution >= 4 is 33.5 Å². The minimum Gasteiger partial charge on any atom is -0.477 e. The normalized spacial score (nSPS) is 12.4. The topological polar surface area (TPSA) is 75.6 Å². The average molecular weight is 429 g/mol. The Hall–Kier alpha value is -3.64. The van der Waals surface area contributed by atoms with Gasteiger partial charge in [-0.1, -0.05) is 66.7 Å². The predicted octanol–water partition coefficient (Wildman–Crippen LogP) is 5.64. The van der Waals surface area contributed by atoms with Crippen molar-refractivity contribution in [1.82, 2.24) is 5.32 Å². The molecule has 0 saturated carbocycles. The zero-order valence-electron chi connectivity index (χ0n) is 16.5. The molecule has 1 aliphatic rings. The maximum absolute atomic E-state index is 12.5. The molecule has 154 valence electrons. The van der Waals surface area contributed by atoms with Crippen LogP contribution in [0.15, 0.2) is 72.8 Å². The summed E-state index contributed by atoms with van der Waals surface area (Å²) in [6.07, 6.45) is -0.562. The van der Waals surface area contributed by atoms with Crippen molar-refractivity contribution in [3.05, 3.63) is 94.4 Å². The number of carboxylic acid groups (broad SMARTS) is 1. The fourth-order valence-corrected chi connectivity index (χ4v) is 5.32. The molecule has 0 atom stereocenters. The van der Waals surface area contributed by atoms with Crippen LogP contribution in [0.3, 0.4) is 0 Å². The third kappa shape index (κ3) is 3.45. The summed E-state index contributed by atoms with van der Waals surface area (Å²) in [4.78, 5) is 24.3. The quantitative estimate of drug-likeness (QED) is 0.431. The highest BCUT2D eigenvalue weighted by molar-refractivity contribution is 7.21. The van der Waals surface area contributed by atoms with E-state index < -0.39 is 12.1 Å². The van der Waals surface area contributed by atoms with E-state index in [2.05, 4.69) is 29.6 Å². The number of carbonyl (C=O) groups excluding carboxylic acids is 1. The van der Waals surface area contributed by atoms with Crippen LogP contribution in [0.4, 0.5) is 4.79 Å². The van der Waals surface area contributed by atoms with Gasteiger partial charge in [0.25, 0.3) is 0 Å². The van der Waals surface area contributed by atoms with E-state index in [1.54, 1.807) is 0 Å². The number of carboxylic acids is 1. The molecule has 0 spiro atoms. The number of alkyl carbamates (subject to hydrolysis) is 1. The molecule has 5 nitrogen and oxygen atoms in total. The molecule has 0 unspecified atom stereocenters. The lowest BCUT2D eigenvalue weighted by Crippen LogP contribution is -2.26. The molecule has 4 aromatic rings. The highest BCUT2D eigenvalue weighted by Gasteiger charge is 2.29. The number of rotatable bonds is 5. The summed E-state index contributed by atoms with van der Waals surface area (Å²) in [6, 6.07) is 23.8. The second-order valence-corrected chi connectivity index (χ2v) is 8.44. The van der Waals surface area contributed by atoms with Crippen LogP contribution >= 0.6 is 11.3 Å². The van der Waals surface area contributed by atoms with E-state index in [1.165, 1.54) is 22.5 Å². The van der Waals surface area contributed by atoms with Crippen LogP contribution < -0.4 is 5.32 Å². The summed E-state index contributed by atoms with van der Waals surface area (Å²) < 4.78 is 6.44. The summed E-state index contributed by atoms with van der Waals surface area (Å²) in [7, 11) is 0. The van der Waals surface area contributed by atoms with E-state index in [-0.39, 0.29) is 23.9 Å². The van der Waals surface area contributed by atoms with Gasteiger partial charge in [-0.25, -0.2) is 9.59 Å². The van der Waals surface area contributed by atoms with Crippen molar-refractivity contribution in [3.63, 3.8) is 0 Å². The van der Waals surface area contributed by atoms with E-state index in [9.17, 15) is 14.7 Å². The number of fused-ring (bicyclic) bond motifs is 4. The van der Waals surface area contributed by atoms with Gasteiger partial charge in [0, 0.05) is 22.7 Å². The first kappa shape index (κ1) is 19.3. The van der Waals surface area contributed by atoms with Gasteiger partial charge in [-0.05, 0) is 33.7 Å². The first-order valence-corrected chi connectivity index (χ1v) is 10.8. The van der Waals surface area contributed by atoms with Crippen LogP contribution in [0, 0.1) is 0 Å². The zero-order chi connectivity index (χ0) is 21.4. The first-order valence-electron chi connectivity index (χ1n) is 9.96. The van der Waals surface area contributed by atoms with Gasteiger partial charge >= 0.3 is 12.1 Å². The lowest BCUT2D eigenvalue weighted by Gasteiger charge is -2.14. The van der Waals surface area contributed by atoms with Gasteiger partial charge in [0.15, 0.2) is 0 Å². The summed E-state index contributed by atoms with van der Waals surface area (Å²) in [5, 5.41) is 13.1. The lowest BCUT2D eigenvalue weighted by molar-refractivity contribution is 0.0700. The largest absolute Gasteiger partial charge is 0.477 e. The van der Waals surface area contributed by atoms with E-state index in [1.807, 2.05) is 48.5 Å². The standard InChI is InChI=1S/C25H19NO4S/c27-24(28)23-20(19-11-5-6-12-22(19)31-23)13-26-25(29)30-14-21-17-9-3-1-7-15(17)16-8-2-4-10-18(16)21/h1-12,21H,13-14H2,(H,26,29)(H,27,28). The monoisotopic (exact) mass is 429 g/mol. The van der Waals surface area contributed by atoms with Crippen molar-refractivity contribution in [2.75, 3.05) is 6.61 Å². The number of amides is 1. The molecule has 5 rings (SSSR count). The number of aromatic carboxylic acids is 1. The number of hydrogen-bond donors (Lipinski definition) is 2. The predicted molar refractivity (Wildman–Crippen MR) is 121 cm³/mol. The van der Waals surface area contributed by atoms with Crippen molar-refractivity contribution < 1.29 is 19.4 Å². The molecular formula is C25H19NO4S. The fraction of sp³-hybridized carbons (Fsp3) is 0.120. The van der Waals surface area contributed by atoms with Crippen molar-refractivity contribution in [3.8, 4) is 11.1 Å². The fourth-order valence-electron chi connectivity index (χ4n) is 4.26. The number of ether oxygens (including phenoxy) is 1. The molecule has 1 heterocycles. The Morgan fingerprint density at radius 2 is 1.52 bits per heavy atom. The van der Waals surface area contributed by atoms with E-state index in [0.29, 0.717) is 5.56 Å². The molecule has 6 heteroatoms. The first-order chi connectivity index (χ1) is 15.1. The molecule has 1 aliphatic carbocycles. The van der Waals surface area contributed by atoms with Crippen LogP contribution in [-0.4, -0.2) is 23.8 Å².